The van der Waals surface area contributed by atoms with Gasteiger partial charge in [-0.1, -0.05) is 19.4 Å². The Morgan fingerprint density at radius 1 is 1.36 bits per heavy atom. The monoisotopic (exact) mass is 341 g/mol. The Kier molecular flexibility index (Phi) is 4.99. The number of amides is 1. The van der Waals surface area contributed by atoms with Crippen molar-refractivity contribution in [3.63, 3.8) is 0 Å². The maximum Gasteiger partial charge on any atom is 0.261 e. The normalized spacial score (nSPS) is 20.0. The second-order valence-electron chi connectivity index (χ2n) is 6.71. The number of rotatable bonds is 5. The van der Waals surface area contributed by atoms with Crippen molar-refractivity contribution in [3.8, 4) is 11.4 Å². The van der Waals surface area contributed by atoms with E-state index in [9.17, 15) is 14.7 Å². The van der Waals surface area contributed by atoms with Crippen LogP contribution in [0.25, 0.3) is 11.4 Å². The van der Waals surface area contributed by atoms with E-state index in [-0.39, 0.29) is 23.5 Å². The number of nitrogens with one attached hydrogen (secondary N) is 1. The van der Waals surface area contributed by atoms with Crippen molar-refractivity contribution in [2.45, 2.75) is 26.2 Å². The minimum absolute atomic E-state index is 0.0690. The zero-order valence-corrected chi connectivity index (χ0v) is 14.4. The van der Waals surface area contributed by atoms with Gasteiger partial charge in [0.15, 0.2) is 0 Å². The summed E-state index contributed by atoms with van der Waals surface area (Å²) >= 11 is 0. The Labute approximate surface area is 146 Å². The number of hydrogen-bond donors (Lipinski definition) is 2. The molecule has 0 saturated carbocycles. The predicted octanol–water partition coefficient (Wildman–Crippen LogP) is 2.06. The summed E-state index contributed by atoms with van der Waals surface area (Å²) < 4.78 is 0. The van der Waals surface area contributed by atoms with Crippen molar-refractivity contribution in [1.29, 1.82) is 0 Å². The highest BCUT2D eigenvalue weighted by atomic mass is 16.3. The summed E-state index contributed by atoms with van der Waals surface area (Å²) in [5.74, 6) is -0.278. The van der Waals surface area contributed by atoms with Crippen LogP contribution in [-0.2, 0) is 0 Å². The number of nitrogens with zero attached hydrogens (tertiary/aromatic N) is 2. The van der Waals surface area contributed by atoms with Gasteiger partial charge in [-0.3, -0.25) is 14.6 Å². The zero-order chi connectivity index (χ0) is 17.9. The molecule has 6 heteroatoms. The largest absolute Gasteiger partial charge is 0.396 e. The van der Waals surface area contributed by atoms with E-state index in [1.165, 1.54) is 0 Å². The highest BCUT2D eigenvalue weighted by Crippen LogP contribution is 2.35. The molecule has 2 aromatic heterocycles. The van der Waals surface area contributed by atoms with Gasteiger partial charge in [-0.15, -0.1) is 0 Å². The van der Waals surface area contributed by atoms with E-state index in [0.29, 0.717) is 24.5 Å². The van der Waals surface area contributed by atoms with Crippen LogP contribution < -0.4 is 5.56 Å². The molecule has 1 atom stereocenters. The topological polar surface area (TPSA) is 86.3 Å². The number of aromatic nitrogens is 2. The van der Waals surface area contributed by atoms with Crippen molar-refractivity contribution in [2.24, 2.45) is 5.41 Å². The summed E-state index contributed by atoms with van der Waals surface area (Å²) in [5, 5.41) is 9.72. The van der Waals surface area contributed by atoms with Gasteiger partial charge in [-0.2, -0.15) is 0 Å². The van der Waals surface area contributed by atoms with Crippen molar-refractivity contribution < 1.29 is 9.90 Å². The summed E-state index contributed by atoms with van der Waals surface area (Å²) in [5.41, 5.74) is 0.724. The summed E-state index contributed by atoms with van der Waals surface area (Å²) in [7, 11) is 0. The standard InChI is InChI=1S/C19H23N3O3/c1-2-8-19(13-23)9-11-22(12-19)18(25)14-6-7-16(21-17(14)24)15-5-3-4-10-20-15/h3-7,10,23H,2,8-9,11-13H2,1H3,(H,21,24). The lowest BCUT2D eigenvalue weighted by atomic mass is 9.83. The van der Waals surface area contributed by atoms with Gasteiger partial charge in [0.05, 0.1) is 18.0 Å². The molecule has 0 aromatic carbocycles. The molecule has 0 spiro atoms. The minimum Gasteiger partial charge on any atom is -0.396 e. The first-order valence-electron chi connectivity index (χ1n) is 8.63. The summed E-state index contributed by atoms with van der Waals surface area (Å²) in [6.07, 6.45) is 4.26. The van der Waals surface area contributed by atoms with E-state index in [2.05, 4.69) is 16.9 Å². The number of carbonyl (C=O) groups excluding carboxylic acids is 1. The molecule has 2 aromatic rings. The van der Waals surface area contributed by atoms with Crippen LogP contribution in [0, 0.1) is 5.41 Å². The molecule has 1 unspecified atom stereocenters. The van der Waals surface area contributed by atoms with E-state index >= 15 is 0 Å². The molecule has 25 heavy (non-hydrogen) atoms. The fraction of sp³-hybridized carbons (Fsp3) is 0.421. The molecular weight excluding hydrogens is 318 g/mol. The average molecular weight is 341 g/mol. The van der Waals surface area contributed by atoms with Crippen LogP contribution in [0.2, 0.25) is 0 Å². The molecule has 0 aliphatic carbocycles. The Morgan fingerprint density at radius 2 is 2.20 bits per heavy atom. The zero-order valence-electron chi connectivity index (χ0n) is 14.4. The molecule has 1 fully saturated rings. The first kappa shape index (κ1) is 17.4. The number of hydrogen-bond acceptors (Lipinski definition) is 4. The number of H-pyrrole nitrogens is 1. The third-order valence-electron chi connectivity index (χ3n) is 4.92. The minimum atomic E-state index is -0.412. The lowest BCUT2D eigenvalue weighted by Crippen LogP contribution is -2.36. The number of pyridine rings is 2. The van der Waals surface area contributed by atoms with Crippen molar-refractivity contribution >= 4 is 5.91 Å². The molecule has 2 N–H and O–H groups in total. The third-order valence-corrected chi connectivity index (χ3v) is 4.92. The smallest absolute Gasteiger partial charge is 0.261 e. The lowest BCUT2D eigenvalue weighted by molar-refractivity contribution is 0.0728. The maximum absolute atomic E-state index is 12.7. The molecule has 1 saturated heterocycles. The second kappa shape index (κ2) is 7.19. The Hall–Kier alpha value is -2.47. The molecule has 1 aliphatic heterocycles. The highest BCUT2D eigenvalue weighted by molar-refractivity contribution is 5.94. The maximum atomic E-state index is 12.7. The Bertz CT molecular complexity index is 803. The van der Waals surface area contributed by atoms with Crippen LogP contribution >= 0.6 is 0 Å². The van der Waals surface area contributed by atoms with Crippen LogP contribution in [-0.4, -0.2) is 45.6 Å². The van der Waals surface area contributed by atoms with Gasteiger partial charge in [0, 0.05) is 24.7 Å². The van der Waals surface area contributed by atoms with Crippen LogP contribution in [0.1, 0.15) is 36.5 Å². The molecule has 3 rings (SSSR count). The predicted molar refractivity (Wildman–Crippen MR) is 95.2 cm³/mol. The van der Waals surface area contributed by atoms with Gasteiger partial charge >= 0.3 is 0 Å². The fourth-order valence-electron chi connectivity index (χ4n) is 3.53. The van der Waals surface area contributed by atoms with Gasteiger partial charge in [-0.25, -0.2) is 0 Å². The molecular formula is C19H23N3O3. The van der Waals surface area contributed by atoms with E-state index in [4.69, 9.17) is 0 Å². The SMILES string of the molecule is CCCC1(CO)CCN(C(=O)c2ccc(-c3ccccn3)[nH]c2=O)C1. The van der Waals surface area contributed by atoms with E-state index in [1.807, 2.05) is 6.07 Å². The van der Waals surface area contributed by atoms with Crippen LogP contribution in [0.4, 0.5) is 0 Å². The Morgan fingerprint density at radius 3 is 2.84 bits per heavy atom. The first-order valence-corrected chi connectivity index (χ1v) is 8.63. The molecule has 0 radical (unpaired) electrons. The Balaban J connectivity index is 1.81. The molecule has 1 amide bonds. The van der Waals surface area contributed by atoms with Crippen LogP contribution in [0.3, 0.4) is 0 Å². The summed E-state index contributed by atoms with van der Waals surface area (Å²) in [6, 6.07) is 8.71. The van der Waals surface area contributed by atoms with Crippen LogP contribution in [0.5, 0.6) is 0 Å². The summed E-state index contributed by atoms with van der Waals surface area (Å²) in [4.78, 5) is 33.7. The van der Waals surface area contributed by atoms with Crippen molar-refractivity contribution in [1.82, 2.24) is 14.9 Å². The number of aliphatic hydroxyl groups excluding tert-OH is 1. The molecule has 132 valence electrons. The number of carbonyl (C=O) groups is 1. The first-order chi connectivity index (χ1) is 12.1. The number of likely N-dealkylation sites (tertiary alicyclic amines) is 1. The fourth-order valence-corrected chi connectivity index (χ4v) is 3.53. The molecule has 3 heterocycles. The second-order valence-corrected chi connectivity index (χ2v) is 6.71. The molecule has 1 aliphatic rings. The highest BCUT2D eigenvalue weighted by Gasteiger charge is 2.39. The third kappa shape index (κ3) is 3.49. The van der Waals surface area contributed by atoms with Crippen LogP contribution in [0.15, 0.2) is 41.3 Å². The molecule has 6 nitrogen and oxygen atoms in total. The number of aliphatic hydroxyl groups is 1. The van der Waals surface area contributed by atoms with Gasteiger partial charge in [0.2, 0.25) is 0 Å². The van der Waals surface area contributed by atoms with E-state index in [0.717, 1.165) is 19.3 Å². The van der Waals surface area contributed by atoms with Crippen molar-refractivity contribution in [2.75, 3.05) is 19.7 Å². The van der Waals surface area contributed by atoms with Gasteiger partial charge in [0.25, 0.3) is 11.5 Å². The van der Waals surface area contributed by atoms with Crippen molar-refractivity contribution in [3.05, 3.63) is 52.4 Å². The van der Waals surface area contributed by atoms with E-state index in [1.54, 1.807) is 35.4 Å². The van der Waals surface area contributed by atoms with Gasteiger partial charge < -0.3 is 15.0 Å². The van der Waals surface area contributed by atoms with Gasteiger partial charge in [0.1, 0.15) is 5.56 Å². The lowest BCUT2D eigenvalue weighted by Gasteiger charge is -2.26. The summed E-state index contributed by atoms with van der Waals surface area (Å²) in [6.45, 7) is 3.21. The van der Waals surface area contributed by atoms with E-state index < -0.39 is 5.56 Å². The van der Waals surface area contributed by atoms with Gasteiger partial charge in [-0.05, 0) is 37.1 Å². The number of aromatic amines is 1. The average Bonchev–Trinajstić information content (AvgIpc) is 3.07. The quantitative estimate of drug-likeness (QED) is 0.871. The molecule has 0 bridgehead atoms.